The lowest BCUT2D eigenvalue weighted by molar-refractivity contribution is 0.175. The van der Waals surface area contributed by atoms with E-state index in [4.69, 9.17) is 5.73 Å². The summed E-state index contributed by atoms with van der Waals surface area (Å²) < 4.78 is 1.18. The van der Waals surface area contributed by atoms with E-state index in [-0.39, 0.29) is 0 Å². The monoisotopic (exact) mass is 337 g/mol. The maximum atomic E-state index is 6.12. The Kier molecular flexibility index (Phi) is 4.76. The molecule has 0 spiro atoms. The van der Waals surface area contributed by atoms with Crippen molar-refractivity contribution in [1.82, 2.24) is 9.80 Å². The summed E-state index contributed by atoms with van der Waals surface area (Å²) in [5.74, 6) is 0. The van der Waals surface area contributed by atoms with Gasteiger partial charge in [-0.3, -0.25) is 9.80 Å². The lowest BCUT2D eigenvalue weighted by atomic mass is 10.0. The second-order valence-corrected chi connectivity index (χ2v) is 6.81. The molecule has 0 bridgehead atoms. The van der Waals surface area contributed by atoms with E-state index in [1.54, 1.807) is 0 Å². The molecular formula is C16H24BrN3. The molecule has 2 atom stereocenters. The van der Waals surface area contributed by atoms with Gasteiger partial charge in [-0.2, -0.15) is 0 Å². The van der Waals surface area contributed by atoms with Crippen molar-refractivity contribution in [3.63, 3.8) is 0 Å². The molecule has 0 aromatic heterocycles. The molecule has 2 aliphatic rings. The Bertz CT molecular complexity index is 451. The van der Waals surface area contributed by atoms with Gasteiger partial charge in [-0.25, -0.2) is 0 Å². The van der Waals surface area contributed by atoms with Gasteiger partial charge in [0, 0.05) is 36.2 Å². The minimum absolute atomic E-state index is 0.339. The zero-order valence-electron chi connectivity index (χ0n) is 12.0. The molecular weight excluding hydrogens is 314 g/mol. The van der Waals surface area contributed by atoms with Gasteiger partial charge < -0.3 is 5.73 Å². The molecule has 0 amide bonds. The second-order valence-electron chi connectivity index (χ2n) is 5.95. The summed E-state index contributed by atoms with van der Waals surface area (Å²) in [6, 6.07) is 9.60. The quantitative estimate of drug-likeness (QED) is 0.920. The molecule has 2 heterocycles. The van der Waals surface area contributed by atoms with E-state index < -0.39 is 0 Å². The molecule has 1 aromatic rings. The van der Waals surface area contributed by atoms with E-state index >= 15 is 0 Å². The average molecular weight is 338 g/mol. The van der Waals surface area contributed by atoms with Crippen LogP contribution < -0.4 is 5.73 Å². The van der Waals surface area contributed by atoms with Gasteiger partial charge in [-0.15, -0.1) is 0 Å². The van der Waals surface area contributed by atoms with Gasteiger partial charge in [0.15, 0.2) is 0 Å². The van der Waals surface area contributed by atoms with Crippen molar-refractivity contribution in [2.45, 2.75) is 31.3 Å². The molecule has 110 valence electrons. The molecule has 0 saturated carbocycles. The predicted octanol–water partition coefficient (Wildman–Crippen LogP) is 2.62. The lowest BCUT2D eigenvalue weighted by Gasteiger charge is -2.33. The summed E-state index contributed by atoms with van der Waals surface area (Å²) >= 11 is 3.69. The van der Waals surface area contributed by atoms with Crippen LogP contribution in [0.3, 0.4) is 0 Å². The Morgan fingerprint density at radius 3 is 2.80 bits per heavy atom. The number of benzene rings is 1. The Balaban J connectivity index is 1.80. The van der Waals surface area contributed by atoms with Crippen molar-refractivity contribution in [1.29, 1.82) is 0 Å². The summed E-state index contributed by atoms with van der Waals surface area (Å²) in [7, 11) is 0. The Morgan fingerprint density at radius 2 is 2.00 bits per heavy atom. The maximum absolute atomic E-state index is 6.12. The van der Waals surface area contributed by atoms with E-state index in [0.717, 1.165) is 12.6 Å². The number of nitrogens with zero attached hydrogens (tertiary/aromatic N) is 2. The number of hydrogen-bond donors (Lipinski definition) is 1. The fourth-order valence-electron chi connectivity index (χ4n) is 3.74. The molecule has 2 fully saturated rings. The van der Waals surface area contributed by atoms with Crippen LogP contribution in [0.4, 0.5) is 0 Å². The van der Waals surface area contributed by atoms with Gasteiger partial charge in [0.05, 0.1) is 0 Å². The second kappa shape index (κ2) is 6.56. The number of rotatable bonds is 3. The normalized spacial score (nSPS) is 26.2. The molecule has 3 nitrogen and oxygen atoms in total. The molecule has 20 heavy (non-hydrogen) atoms. The van der Waals surface area contributed by atoms with Crippen LogP contribution in [-0.2, 0) is 0 Å². The topological polar surface area (TPSA) is 32.5 Å². The summed E-state index contributed by atoms with van der Waals surface area (Å²) in [6.07, 6.45) is 3.97. The van der Waals surface area contributed by atoms with Crippen LogP contribution in [0.5, 0.6) is 0 Å². The van der Waals surface area contributed by atoms with Crippen molar-refractivity contribution < 1.29 is 0 Å². The molecule has 0 aliphatic carbocycles. The van der Waals surface area contributed by atoms with E-state index in [0.29, 0.717) is 12.6 Å². The number of halogens is 1. The van der Waals surface area contributed by atoms with Crippen molar-refractivity contribution in [2.75, 3.05) is 32.7 Å². The van der Waals surface area contributed by atoms with Gasteiger partial charge in [0.2, 0.25) is 0 Å². The third-order valence-corrected chi connectivity index (χ3v) is 5.49. The average Bonchev–Trinajstić information content (AvgIpc) is 2.80. The largest absolute Gasteiger partial charge is 0.329 e. The van der Waals surface area contributed by atoms with E-state index in [9.17, 15) is 0 Å². The van der Waals surface area contributed by atoms with Crippen molar-refractivity contribution >= 4 is 15.9 Å². The zero-order chi connectivity index (χ0) is 13.9. The van der Waals surface area contributed by atoms with Gasteiger partial charge in [0.25, 0.3) is 0 Å². The molecule has 1 aromatic carbocycles. The van der Waals surface area contributed by atoms with E-state index in [2.05, 4.69) is 50.0 Å². The number of fused-ring (bicyclic) bond motifs is 1. The molecule has 2 aliphatic heterocycles. The number of hydrogen-bond acceptors (Lipinski definition) is 3. The van der Waals surface area contributed by atoms with E-state index in [1.807, 2.05) is 0 Å². The lowest BCUT2D eigenvalue weighted by Crippen LogP contribution is -2.40. The third kappa shape index (κ3) is 2.93. The van der Waals surface area contributed by atoms with Crippen LogP contribution in [0.25, 0.3) is 0 Å². The molecule has 4 heteroatoms. The van der Waals surface area contributed by atoms with Crippen LogP contribution in [-0.4, -0.2) is 48.6 Å². The van der Waals surface area contributed by atoms with Crippen LogP contribution in [0.2, 0.25) is 0 Å². The summed E-state index contributed by atoms with van der Waals surface area (Å²) in [4.78, 5) is 5.28. The highest BCUT2D eigenvalue weighted by atomic mass is 79.9. The zero-order valence-corrected chi connectivity index (χ0v) is 13.6. The predicted molar refractivity (Wildman–Crippen MR) is 86.7 cm³/mol. The third-order valence-electron chi connectivity index (χ3n) is 4.76. The van der Waals surface area contributed by atoms with E-state index in [1.165, 1.54) is 48.9 Å². The first-order chi connectivity index (χ1) is 9.79. The Morgan fingerprint density at radius 1 is 1.20 bits per heavy atom. The Hall–Kier alpha value is -0.420. The highest BCUT2D eigenvalue weighted by Gasteiger charge is 2.31. The van der Waals surface area contributed by atoms with Crippen molar-refractivity contribution in [3.8, 4) is 0 Å². The first-order valence-electron chi connectivity index (χ1n) is 7.72. The molecule has 3 rings (SSSR count). The summed E-state index contributed by atoms with van der Waals surface area (Å²) in [5.41, 5.74) is 7.45. The molecule has 2 unspecified atom stereocenters. The minimum atomic E-state index is 0.339. The smallest absolute Gasteiger partial charge is 0.0482 e. The van der Waals surface area contributed by atoms with Crippen LogP contribution in [0, 0.1) is 0 Å². The van der Waals surface area contributed by atoms with Crippen molar-refractivity contribution in [2.24, 2.45) is 5.73 Å². The summed E-state index contributed by atoms with van der Waals surface area (Å²) in [5, 5.41) is 0. The fourth-order valence-corrected chi connectivity index (χ4v) is 4.29. The Labute approximate surface area is 130 Å². The first kappa shape index (κ1) is 14.5. The minimum Gasteiger partial charge on any atom is -0.329 e. The molecule has 2 saturated heterocycles. The first-order valence-corrected chi connectivity index (χ1v) is 8.51. The molecule has 2 N–H and O–H groups in total. The van der Waals surface area contributed by atoms with Gasteiger partial charge in [0.1, 0.15) is 0 Å². The summed E-state index contributed by atoms with van der Waals surface area (Å²) in [6.45, 7) is 5.57. The maximum Gasteiger partial charge on any atom is 0.0482 e. The van der Waals surface area contributed by atoms with Gasteiger partial charge in [-0.05, 0) is 44.0 Å². The highest BCUT2D eigenvalue weighted by Crippen LogP contribution is 2.30. The number of nitrogens with two attached hydrogens (primary N) is 1. The molecule has 0 radical (unpaired) electrons. The fraction of sp³-hybridized carbons (Fsp3) is 0.625. The van der Waals surface area contributed by atoms with Crippen LogP contribution >= 0.6 is 15.9 Å². The van der Waals surface area contributed by atoms with Gasteiger partial charge >= 0.3 is 0 Å². The standard InChI is InChI=1S/C16H24BrN3/c17-15-7-2-1-6-14(15)16(11-18)20-10-4-9-19-8-3-5-13(19)12-20/h1-2,6-7,13,16H,3-5,8-12,18H2. The van der Waals surface area contributed by atoms with Crippen molar-refractivity contribution in [3.05, 3.63) is 34.3 Å². The van der Waals surface area contributed by atoms with Crippen LogP contribution in [0.1, 0.15) is 30.9 Å². The highest BCUT2D eigenvalue weighted by molar-refractivity contribution is 9.10. The van der Waals surface area contributed by atoms with Crippen LogP contribution in [0.15, 0.2) is 28.7 Å². The van der Waals surface area contributed by atoms with Gasteiger partial charge in [-0.1, -0.05) is 34.1 Å². The SMILES string of the molecule is NCC(c1ccccc1Br)N1CCCN2CCCC2C1.